The zero-order chi connectivity index (χ0) is 10.3. The lowest BCUT2D eigenvalue weighted by atomic mass is 10.1. The smallest absolute Gasteiger partial charge is 0.0676 e. The van der Waals surface area contributed by atoms with E-state index in [0.717, 1.165) is 8.19 Å². The van der Waals surface area contributed by atoms with Crippen LogP contribution in [-0.2, 0) is 0 Å². The average Bonchev–Trinajstić information content (AvgIpc) is 2.28. The fraction of sp³-hybridized carbons (Fsp3) is 0. The van der Waals surface area contributed by atoms with E-state index in [2.05, 4.69) is 42.5 Å². The molecular formula is C13H9P. The van der Waals surface area contributed by atoms with E-state index < -0.39 is 0 Å². The van der Waals surface area contributed by atoms with Gasteiger partial charge in [-0.25, -0.2) is 0 Å². The van der Waals surface area contributed by atoms with Crippen LogP contribution in [0.15, 0.2) is 54.3 Å². The van der Waals surface area contributed by atoms with Crippen molar-refractivity contribution in [1.82, 2.24) is 0 Å². The van der Waals surface area contributed by atoms with Crippen LogP contribution in [-0.4, -0.2) is 0 Å². The topological polar surface area (TPSA) is 0 Å². The highest BCUT2D eigenvalue weighted by molar-refractivity contribution is 7.36. The van der Waals surface area contributed by atoms with Crippen LogP contribution in [0.4, 0.5) is 0 Å². The molecule has 0 radical (unpaired) electrons. The lowest BCUT2D eigenvalue weighted by Crippen LogP contribution is -1.73. The molecule has 0 aliphatic rings. The summed E-state index contributed by atoms with van der Waals surface area (Å²) in [5.74, 6) is 0.665. The minimum absolute atomic E-state index is 0.665. The SMILES string of the molecule is [2H]c1ccc2c(ccc3ccccc32)p1. The van der Waals surface area contributed by atoms with Gasteiger partial charge in [0.2, 0.25) is 0 Å². The Kier molecular flexibility index (Phi) is 1.53. The molecule has 0 atom stereocenters. The van der Waals surface area contributed by atoms with Crippen LogP contribution < -0.4 is 0 Å². The Morgan fingerprint density at radius 2 is 1.71 bits per heavy atom. The number of rotatable bonds is 0. The summed E-state index contributed by atoms with van der Waals surface area (Å²) in [6, 6.07) is 16.6. The summed E-state index contributed by atoms with van der Waals surface area (Å²) in [4.78, 5) is 0. The molecule has 0 fully saturated rings. The Balaban J connectivity index is 2.55. The van der Waals surface area contributed by atoms with Crippen molar-refractivity contribution in [2.24, 2.45) is 0 Å². The van der Waals surface area contributed by atoms with Crippen molar-refractivity contribution in [3.05, 3.63) is 54.3 Å². The van der Waals surface area contributed by atoms with E-state index in [9.17, 15) is 0 Å². The Morgan fingerprint density at radius 1 is 0.857 bits per heavy atom. The van der Waals surface area contributed by atoms with Crippen molar-refractivity contribution in [3.8, 4) is 0 Å². The fourth-order valence-corrected chi connectivity index (χ4v) is 2.54. The largest absolute Gasteiger partial charge is 0.0678 e. The molecule has 3 rings (SSSR count). The lowest BCUT2D eigenvalue weighted by Gasteiger charge is -2.01. The van der Waals surface area contributed by atoms with Gasteiger partial charge < -0.3 is 0 Å². The molecule has 1 aromatic heterocycles. The van der Waals surface area contributed by atoms with Gasteiger partial charge in [-0.3, -0.25) is 0 Å². The fourth-order valence-electron chi connectivity index (χ4n) is 1.78. The van der Waals surface area contributed by atoms with Gasteiger partial charge in [0.15, 0.2) is 0 Å². The van der Waals surface area contributed by atoms with Gasteiger partial charge >= 0.3 is 0 Å². The van der Waals surface area contributed by atoms with E-state index in [-0.39, 0.29) is 0 Å². The van der Waals surface area contributed by atoms with Crippen molar-refractivity contribution in [1.29, 1.82) is 0 Å². The first-order chi connectivity index (χ1) is 7.34. The first kappa shape index (κ1) is 6.98. The average molecular weight is 197 g/mol. The molecule has 0 unspecified atom stereocenters. The third kappa shape index (κ3) is 1.12. The van der Waals surface area contributed by atoms with Crippen LogP contribution in [0.2, 0.25) is 0 Å². The lowest BCUT2D eigenvalue weighted by molar-refractivity contribution is 1.81. The van der Waals surface area contributed by atoms with E-state index in [1.54, 1.807) is 0 Å². The Bertz CT molecular complexity index is 646. The molecule has 0 N–H and O–H groups in total. The number of hydrogen-bond donors (Lipinski definition) is 0. The predicted octanol–water partition coefficient (Wildman–Crippen LogP) is 4.57. The molecule has 66 valence electrons. The Labute approximate surface area is 85.7 Å². The molecule has 14 heavy (non-hydrogen) atoms. The van der Waals surface area contributed by atoms with Crippen molar-refractivity contribution < 1.29 is 1.37 Å². The second-order valence-electron chi connectivity index (χ2n) is 3.29. The highest BCUT2D eigenvalue weighted by atomic mass is 31.0. The summed E-state index contributed by atoms with van der Waals surface area (Å²) in [6.45, 7) is 0. The van der Waals surface area contributed by atoms with Crippen LogP contribution in [0.3, 0.4) is 0 Å². The summed E-state index contributed by atoms with van der Waals surface area (Å²) in [6.07, 6.45) is 0. The van der Waals surface area contributed by atoms with Crippen LogP contribution in [0.5, 0.6) is 0 Å². The van der Waals surface area contributed by atoms with E-state index in [1.165, 1.54) is 21.3 Å². The quantitative estimate of drug-likeness (QED) is 0.463. The highest BCUT2D eigenvalue weighted by Crippen LogP contribution is 2.29. The predicted molar refractivity (Wildman–Crippen MR) is 64.0 cm³/mol. The van der Waals surface area contributed by atoms with E-state index in [1.807, 2.05) is 6.07 Å². The van der Waals surface area contributed by atoms with Gasteiger partial charge in [-0.1, -0.05) is 50.7 Å². The molecule has 0 aliphatic heterocycles. The van der Waals surface area contributed by atoms with Gasteiger partial charge in [0.05, 0.1) is 1.37 Å². The normalized spacial score (nSPS) is 12.4. The maximum atomic E-state index is 7.63. The number of fused-ring (bicyclic) bond motifs is 3. The first-order valence-corrected chi connectivity index (χ1v) is 5.49. The van der Waals surface area contributed by atoms with E-state index in [4.69, 9.17) is 1.37 Å². The molecule has 1 heteroatoms. The molecule has 0 nitrogen and oxygen atoms in total. The van der Waals surface area contributed by atoms with Gasteiger partial charge in [-0.15, -0.1) is 0 Å². The summed E-state index contributed by atoms with van der Waals surface area (Å²) >= 11 is 0. The summed E-state index contributed by atoms with van der Waals surface area (Å²) in [5.41, 5.74) is 0. The van der Waals surface area contributed by atoms with Gasteiger partial charge in [-0.05, 0) is 28.0 Å². The van der Waals surface area contributed by atoms with Gasteiger partial charge in [0.1, 0.15) is 0 Å². The van der Waals surface area contributed by atoms with Crippen LogP contribution >= 0.6 is 8.19 Å². The molecule has 3 aromatic rings. The van der Waals surface area contributed by atoms with E-state index in [0.29, 0.717) is 5.77 Å². The minimum atomic E-state index is 0.665. The van der Waals surface area contributed by atoms with Crippen molar-refractivity contribution >= 4 is 29.5 Å². The Hall–Kier alpha value is -1.39. The molecule has 1 heterocycles. The van der Waals surface area contributed by atoms with Gasteiger partial charge in [0.25, 0.3) is 0 Å². The first-order valence-electron chi connectivity index (χ1n) is 5.10. The summed E-state index contributed by atoms with van der Waals surface area (Å²) in [7, 11) is 1.01. The summed E-state index contributed by atoms with van der Waals surface area (Å²) < 4.78 is 7.63. The maximum absolute atomic E-state index is 7.63. The third-order valence-corrected chi connectivity index (χ3v) is 3.37. The van der Waals surface area contributed by atoms with Crippen LogP contribution in [0.1, 0.15) is 1.37 Å². The molecule has 0 spiro atoms. The second kappa shape index (κ2) is 3.08. The molecule has 0 bridgehead atoms. The molecular weight excluding hydrogens is 187 g/mol. The zero-order valence-corrected chi connectivity index (χ0v) is 8.46. The third-order valence-electron chi connectivity index (χ3n) is 2.46. The minimum Gasteiger partial charge on any atom is -0.0678 e. The van der Waals surface area contributed by atoms with Crippen LogP contribution in [0, 0.1) is 0 Å². The monoisotopic (exact) mass is 197 g/mol. The molecule has 2 aromatic carbocycles. The van der Waals surface area contributed by atoms with Crippen molar-refractivity contribution in [2.45, 2.75) is 0 Å². The molecule has 0 saturated heterocycles. The standard InChI is InChI=1S/C13H9P/c1-2-5-11-10(4-1)7-8-13-12(11)6-3-9-14-13/h1-9H/i9D. The van der Waals surface area contributed by atoms with Crippen molar-refractivity contribution in [3.63, 3.8) is 0 Å². The molecule has 0 amide bonds. The van der Waals surface area contributed by atoms with Crippen LogP contribution in [0.25, 0.3) is 21.3 Å². The van der Waals surface area contributed by atoms with Gasteiger partial charge in [0, 0.05) is 5.12 Å². The number of hydrogen-bond acceptors (Lipinski definition) is 0. The zero-order valence-electron chi connectivity index (χ0n) is 8.57. The number of benzene rings is 2. The highest BCUT2D eigenvalue weighted by Gasteiger charge is 1.97. The Morgan fingerprint density at radius 3 is 2.71 bits per heavy atom. The van der Waals surface area contributed by atoms with Gasteiger partial charge in [-0.2, -0.15) is 0 Å². The second-order valence-corrected chi connectivity index (χ2v) is 4.26. The van der Waals surface area contributed by atoms with E-state index >= 15 is 0 Å². The maximum Gasteiger partial charge on any atom is 0.0676 e. The molecule has 0 saturated carbocycles. The molecule has 0 aliphatic carbocycles. The van der Waals surface area contributed by atoms with Crippen molar-refractivity contribution in [2.75, 3.05) is 0 Å². The summed E-state index contributed by atoms with van der Waals surface area (Å²) in [5, 5.41) is 5.06.